The van der Waals surface area contributed by atoms with Crippen LogP contribution < -0.4 is 14.8 Å². The number of hydrogen-bond donors (Lipinski definition) is 2. The molecule has 6 rings (SSSR count). The van der Waals surface area contributed by atoms with Gasteiger partial charge in [-0.3, -0.25) is 0 Å². The van der Waals surface area contributed by atoms with Gasteiger partial charge in [0.15, 0.2) is 0 Å². The summed E-state index contributed by atoms with van der Waals surface area (Å²) >= 11 is 6.39. The molecule has 2 aliphatic carbocycles. The van der Waals surface area contributed by atoms with Crippen molar-refractivity contribution < 1.29 is 32.5 Å². The number of halogens is 1. The molecule has 2 aliphatic heterocycles. The van der Waals surface area contributed by atoms with E-state index in [-0.39, 0.29) is 41.5 Å². The minimum absolute atomic E-state index is 0.0222. The molecule has 2 fully saturated rings. The Hall–Kier alpha value is -2.37. The Balaban J connectivity index is 1.24. The molecular formula is C32H41ClN2O7S. The van der Waals surface area contributed by atoms with Crippen molar-refractivity contribution in [1.82, 2.24) is 0 Å². The summed E-state index contributed by atoms with van der Waals surface area (Å²) in [5, 5.41) is 15.7. The molecule has 1 saturated carbocycles. The fourth-order valence-electron chi connectivity index (χ4n) is 7.60. The fraction of sp³-hybridized carbons (Fsp3) is 0.594. The average Bonchev–Trinajstić information content (AvgIpc) is 3.09. The number of primary sulfonamides is 1. The van der Waals surface area contributed by atoms with Crippen LogP contribution in [0.25, 0.3) is 0 Å². The van der Waals surface area contributed by atoms with E-state index in [1.807, 2.05) is 6.07 Å². The first kappa shape index (κ1) is 30.6. The van der Waals surface area contributed by atoms with Crippen LogP contribution in [-0.4, -0.2) is 70.4 Å². The minimum Gasteiger partial charge on any atom is -0.490 e. The Morgan fingerprint density at radius 3 is 2.81 bits per heavy atom. The third-order valence-electron chi connectivity index (χ3n) is 10.1. The monoisotopic (exact) mass is 632 g/mol. The molecule has 43 heavy (non-hydrogen) atoms. The molecule has 234 valence electrons. The van der Waals surface area contributed by atoms with Crippen LogP contribution in [0.1, 0.15) is 60.5 Å². The van der Waals surface area contributed by atoms with Crippen molar-refractivity contribution in [3.63, 3.8) is 0 Å². The predicted octanol–water partition coefficient (Wildman–Crippen LogP) is 4.64. The normalized spacial score (nSPS) is 30.5. The summed E-state index contributed by atoms with van der Waals surface area (Å²) < 4.78 is 41.6. The van der Waals surface area contributed by atoms with Crippen LogP contribution in [0.4, 0.5) is 5.69 Å². The van der Waals surface area contributed by atoms with Crippen molar-refractivity contribution in [1.29, 1.82) is 0 Å². The zero-order chi connectivity index (χ0) is 30.4. The fourth-order valence-corrected chi connectivity index (χ4v) is 8.12. The highest BCUT2D eigenvalue weighted by Crippen LogP contribution is 2.47. The van der Waals surface area contributed by atoms with Gasteiger partial charge in [-0.1, -0.05) is 24.6 Å². The SMILES string of the molecule is C[C@H]1CO[C@H]([C@@H]2CC[C@H]2CN2C[C@@]3(CCCc4cc(Cl)ccc43)COc3ccc(C(=O)O)cc32)C[C@@H]1OCCS(N)(=O)=O. The number of carboxylic acid groups (broad SMARTS) is 1. The first-order chi connectivity index (χ1) is 20.5. The first-order valence-corrected chi connectivity index (χ1v) is 17.4. The summed E-state index contributed by atoms with van der Waals surface area (Å²) in [6.07, 6.45) is 5.76. The third kappa shape index (κ3) is 6.54. The van der Waals surface area contributed by atoms with E-state index in [0.717, 1.165) is 55.9 Å². The number of carboxylic acids is 1. The maximum Gasteiger partial charge on any atom is 0.335 e. The molecule has 2 aromatic rings. The molecule has 0 amide bonds. The number of fused-ring (bicyclic) bond motifs is 3. The Labute approximate surface area is 258 Å². The van der Waals surface area contributed by atoms with E-state index >= 15 is 0 Å². The molecule has 1 spiro atoms. The predicted molar refractivity (Wildman–Crippen MR) is 165 cm³/mol. The lowest BCUT2D eigenvalue weighted by molar-refractivity contribution is -0.139. The van der Waals surface area contributed by atoms with Crippen LogP contribution in [0.5, 0.6) is 5.75 Å². The molecule has 3 N–H and O–H groups in total. The Kier molecular flexibility index (Phi) is 8.69. The number of aryl methyl sites for hydroxylation is 1. The van der Waals surface area contributed by atoms with Gasteiger partial charge in [-0.2, -0.15) is 0 Å². The number of rotatable bonds is 8. The van der Waals surface area contributed by atoms with Crippen LogP contribution >= 0.6 is 11.6 Å². The van der Waals surface area contributed by atoms with Gasteiger partial charge < -0.3 is 24.2 Å². The molecule has 1 saturated heterocycles. The van der Waals surface area contributed by atoms with Gasteiger partial charge in [-0.25, -0.2) is 18.4 Å². The number of benzene rings is 2. The molecule has 11 heteroatoms. The lowest BCUT2D eigenvalue weighted by Gasteiger charge is -2.48. The summed E-state index contributed by atoms with van der Waals surface area (Å²) in [7, 11) is -3.57. The highest BCUT2D eigenvalue weighted by atomic mass is 35.5. The maximum absolute atomic E-state index is 12.0. The number of aromatic carboxylic acids is 1. The van der Waals surface area contributed by atoms with Crippen molar-refractivity contribution in [3.05, 3.63) is 58.1 Å². The molecule has 0 bridgehead atoms. The summed E-state index contributed by atoms with van der Waals surface area (Å²) in [5.74, 6) is 0.413. The standard InChI is InChI=1S/C32H41ClN2O7S/c1-20-17-41-30(15-29(20)40-11-12-43(34,38)39)25-7-4-23(25)16-35-18-32(10-2-3-21-13-24(33)6-8-26(21)32)19-42-28-9-5-22(31(36)37)14-27(28)35/h5-6,8-9,13-14,20,23,25,29-30H,2-4,7,10-12,15-19H2,1H3,(H,36,37)(H2,34,38,39)/t20-,23-,25+,29-,30-,32-/m0/s1. The second-order valence-corrected chi connectivity index (χ2v) is 15.1. The van der Waals surface area contributed by atoms with Gasteiger partial charge in [-0.15, -0.1) is 0 Å². The number of nitrogens with two attached hydrogens (primary N) is 1. The van der Waals surface area contributed by atoms with E-state index in [2.05, 4.69) is 24.0 Å². The van der Waals surface area contributed by atoms with E-state index in [9.17, 15) is 18.3 Å². The Bertz CT molecular complexity index is 1470. The van der Waals surface area contributed by atoms with Gasteiger partial charge >= 0.3 is 5.97 Å². The number of anilines is 1. The molecule has 6 atom stereocenters. The molecule has 0 radical (unpaired) electrons. The van der Waals surface area contributed by atoms with E-state index in [4.69, 9.17) is 31.0 Å². The second-order valence-electron chi connectivity index (χ2n) is 13.0. The van der Waals surface area contributed by atoms with Crippen molar-refractivity contribution >= 4 is 33.3 Å². The molecule has 2 heterocycles. The minimum atomic E-state index is -3.57. The van der Waals surface area contributed by atoms with Crippen LogP contribution in [0.15, 0.2) is 36.4 Å². The molecule has 4 aliphatic rings. The lowest BCUT2D eigenvalue weighted by Crippen LogP contribution is -2.51. The topological polar surface area (TPSA) is 128 Å². The van der Waals surface area contributed by atoms with Gasteiger partial charge in [0.25, 0.3) is 0 Å². The largest absolute Gasteiger partial charge is 0.490 e. The quantitative estimate of drug-likeness (QED) is 0.431. The highest BCUT2D eigenvalue weighted by molar-refractivity contribution is 7.89. The van der Waals surface area contributed by atoms with Crippen LogP contribution in [0, 0.1) is 17.8 Å². The van der Waals surface area contributed by atoms with Gasteiger partial charge in [-0.05, 0) is 85.4 Å². The summed E-state index contributed by atoms with van der Waals surface area (Å²) in [4.78, 5) is 14.3. The first-order valence-electron chi connectivity index (χ1n) is 15.3. The van der Waals surface area contributed by atoms with E-state index in [0.29, 0.717) is 37.2 Å². The summed E-state index contributed by atoms with van der Waals surface area (Å²) in [6.45, 7) is 4.73. The van der Waals surface area contributed by atoms with Gasteiger partial charge in [0.05, 0.1) is 49.0 Å². The number of hydrogen-bond acceptors (Lipinski definition) is 7. The van der Waals surface area contributed by atoms with Crippen LogP contribution in [0.3, 0.4) is 0 Å². The molecule has 0 unspecified atom stereocenters. The van der Waals surface area contributed by atoms with Crippen molar-refractivity contribution in [2.24, 2.45) is 22.9 Å². The van der Waals surface area contributed by atoms with Crippen molar-refractivity contribution in [2.45, 2.75) is 63.1 Å². The Morgan fingerprint density at radius 1 is 1.23 bits per heavy atom. The van der Waals surface area contributed by atoms with Crippen molar-refractivity contribution in [3.8, 4) is 5.75 Å². The highest BCUT2D eigenvalue weighted by Gasteiger charge is 2.46. The lowest BCUT2D eigenvalue weighted by atomic mass is 9.67. The zero-order valence-electron chi connectivity index (χ0n) is 24.5. The summed E-state index contributed by atoms with van der Waals surface area (Å²) in [6, 6.07) is 11.4. The van der Waals surface area contributed by atoms with E-state index in [1.165, 1.54) is 11.1 Å². The van der Waals surface area contributed by atoms with E-state index in [1.54, 1.807) is 18.2 Å². The van der Waals surface area contributed by atoms with Gasteiger partial charge in [0.2, 0.25) is 10.0 Å². The molecule has 0 aromatic heterocycles. The number of ether oxygens (including phenoxy) is 3. The maximum atomic E-state index is 12.0. The number of sulfonamides is 1. The Morgan fingerprint density at radius 2 is 2.07 bits per heavy atom. The zero-order valence-corrected chi connectivity index (χ0v) is 26.1. The van der Waals surface area contributed by atoms with Crippen molar-refractivity contribution in [2.75, 3.05) is 43.6 Å². The smallest absolute Gasteiger partial charge is 0.335 e. The molecule has 9 nitrogen and oxygen atoms in total. The van der Waals surface area contributed by atoms with Crippen LogP contribution in [0.2, 0.25) is 5.02 Å². The second kappa shape index (κ2) is 12.2. The number of nitrogens with zero attached hydrogens (tertiary/aromatic N) is 1. The van der Waals surface area contributed by atoms with E-state index < -0.39 is 16.0 Å². The number of carbonyl (C=O) groups is 1. The molecule has 2 aromatic carbocycles. The third-order valence-corrected chi connectivity index (χ3v) is 11.0. The van der Waals surface area contributed by atoms with Crippen LogP contribution in [-0.2, 0) is 31.3 Å². The summed E-state index contributed by atoms with van der Waals surface area (Å²) in [5.41, 5.74) is 3.37. The molecular weight excluding hydrogens is 592 g/mol. The van der Waals surface area contributed by atoms with Gasteiger partial charge in [0, 0.05) is 35.9 Å². The average molecular weight is 633 g/mol. The van der Waals surface area contributed by atoms with Gasteiger partial charge in [0.1, 0.15) is 5.75 Å².